The average Bonchev–Trinajstić information content (AvgIpc) is 3.28. The van der Waals surface area contributed by atoms with Crippen molar-refractivity contribution in [2.75, 3.05) is 37.0 Å². The van der Waals surface area contributed by atoms with Crippen molar-refractivity contribution in [3.63, 3.8) is 0 Å². The van der Waals surface area contributed by atoms with Crippen molar-refractivity contribution >= 4 is 40.7 Å². The number of nitrogens with zero attached hydrogens (tertiary/aromatic N) is 3. The van der Waals surface area contributed by atoms with Gasteiger partial charge in [0, 0.05) is 36.1 Å². The summed E-state index contributed by atoms with van der Waals surface area (Å²) in [5.74, 6) is 2.51. The monoisotopic (exact) mass is 473 g/mol. The van der Waals surface area contributed by atoms with E-state index in [-0.39, 0.29) is 5.41 Å². The molecule has 2 fully saturated rings. The molecule has 1 unspecified atom stereocenters. The first-order chi connectivity index (χ1) is 15.5. The van der Waals surface area contributed by atoms with Crippen LogP contribution in [0.25, 0.3) is 0 Å². The second kappa shape index (κ2) is 10.2. The van der Waals surface area contributed by atoms with Gasteiger partial charge in [-0.1, -0.05) is 43.5 Å². The Hall–Kier alpha value is -2.12. The fraction of sp³-hybridized carbons (Fsp3) is 0.542. The molecule has 1 atom stereocenters. The molecule has 0 spiro atoms. The Labute approximate surface area is 201 Å². The van der Waals surface area contributed by atoms with Gasteiger partial charge in [-0.05, 0) is 61.5 Å². The van der Waals surface area contributed by atoms with E-state index in [1.165, 1.54) is 31.2 Å². The molecule has 1 saturated carbocycles. The Morgan fingerprint density at radius 2 is 2.06 bits per heavy atom. The Morgan fingerprint density at radius 1 is 1.25 bits per heavy atom. The fourth-order valence-corrected chi connectivity index (χ4v) is 5.32. The molecule has 1 aliphatic carbocycles. The van der Waals surface area contributed by atoms with Crippen LogP contribution in [0, 0.1) is 5.92 Å². The SMILES string of the molecule is COc1cc(N2CCCC(C)C2)nc(NC(=S)NCC2(c3cccc(Cl)c3)CCCC2)n1. The first kappa shape index (κ1) is 23.1. The van der Waals surface area contributed by atoms with Crippen molar-refractivity contribution in [1.82, 2.24) is 15.3 Å². The number of ether oxygens (including phenoxy) is 1. The third-order valence-electron chi connectivity index (χ3n) is 6.69. The maximum Gasteiger partial charge on any atom is 0.234 e. The standard InChI is InChI=1S/C24H32ClN5OS/c1-17-7-6-12-30(15-17)20-14-21(31-2)28-22(27-20)29-23(32)26-16-24(10-3-4-11-24)18-8-5-9-19(25)13-18/h5,8-9,13-14,17H,3-4,6-7,10-12,15-16H2,1-2H3,(H2,26,27,28,29,32). The second-order valence-corrected chi connectivity index (χ2v) is 9.94. The molecule has 2 N–H and O–H groups in total. The maximum atomic E-state index is 6.28. The van der Waals surface area contributed by atoms with E-state index in [0.717, 1.165) is 43.3 Å². The van der Waals surface area contributed by atoms with Crippen LogP contribution in [0.15, 0.2) is 30.3 Å². The molecular formula is C24H32ClN5OS. The molecule has 6 nitrogen and oxygen atoms in total. The lowest BCUT2D eigenvalue weighted by atomic mass is 9.79. The third-order valence-corrected chi connectivity index (χ3v) is 7.17. The van der Waals surface area contributed by atoms with Gasteiger partial charge >= 0.3 is 0 Å². The lowest BCUT2D eigenvalue weighted by molar-refractivity contribution is 0.396. The lowest BCUT2D eigenvalue weighted by Gasteiger charge is -2.32. The van der Waals surface area contributed by atoms with Crippen molar-refractivity contribution in [1.29, 1.82) is 0 Å². The van der Waals surface area contributed by atoms with Crippen LogP contribution in [-0.2, 0) is 5.41 Å². The van der Waals surface area contributed by atoms with Gasteiger partial charge in [0.1, 0.15) is 5.82 Å². The van der Waals surface area contributed by atoms with E-state index in [4.69, 9.17) is 33.5 Å². The van der Waals surface area contributed by atoms with Gasteiger partial charge in [0.2, 0.25) is 11.8 Å². The van der Waals surface area contributed by atoms with Gasteiger partial charge in [-0.15, -0.1) is 0 Å². The zero-order chi connectivity index (χ0) is 22.6. The Kier molecular flexibility index (Phi) is 7.36. The van der Waals surface area contributed by atoms with Crippen LogP contribution < -0.4 is 20.3 Å². The van der Waals surface area contributed by atoms with Gasteiger partial charge in [-0.2, -0.15) is 9.97 Å². The van der Waals surface area contributed by atoms with E-state index in [9.17, 15) is 0 Å². The number of thiocarbonyl (C=S) groups is 1. The molecule has 1 aliphatic heterocycles. The number of anilines is 2. The van der Waals surface area contributed by atoms with Crippen LogP contribution >= 0.6 is 23.8 Å². The summed E-state index contributed by atoms with van der Waals surface area (Å²) >= 11 is 11.9. The van der Waals surface area contributed by atoms with Gasteiger partial charge in [-0.3, -0.25) is 0 Å². The molecule has 1 aromatic heterocycles. The third kappa shape index (κ3) is 5.44. The average molecular weight is 474 g/mol. The molecule has 2 heterocycles. The number of methoxy groups -OCH3 is 1. The number of piperidine rings is 1. The largest absolute Gasteiger partial charge is 0.481 e. The lowest BCUT2D eigenvalue weighted by Crippen LogP contribution is -2.41. The van der Waals surface area contributed by atoms with Crippen molar-refractivity contribution in [2.24, 2.45) is 5.92 Å². The summed E-state index contributed by atoms with van der Waals surface area (Å²) in [6.45, 7) is 5.01. The van der Waals surface area contributed by atoms with Crippen LogP contribution in [0.4, 0.5) is 11.8 Å². The number of hydrogen-bond acceptors (Lipinski definition) is 5. The van der Waals surface area contributed by atoms with E-state index in [2.05, 4.69) is 39.6 Å². The minimum atomic E-state index is 0.0426. The highest BCUT2D eigenvalue weighted by Crippen LogP contribution is 2.41. The number of benzene rings is 1. The number of halogens is 1. The zero-order valence-electron chi connectivity index (χ0n) is 18.9. The van der Waals surface area contributed by atoms with Crippen LogP contribution in [0.3, 0.4) is 0 Å². The first-order valence-electron chi connectivity index (χ1n) is 11.5. The molecule has 8 heteroatoms. The highest BCUT2D eigenvalue weighted by atomic mass is 35.5. The molecule has 0 amide bonds. The van der Waals surface area contributed by atoms with E-state index >= 15 is 0 Å². The molecule has 172 valence electrons. The second-order valence-electron chi connectivity index (χ2n) is 9.09. The number of aromatic nitrogens is 2. The van der Waals surface area contributed by atoms with Crippen molar-refractivity contribution in [3.05, 3.63) is 40.9 Å². The van der Waals surface area contributed by atoms with Crippen molar-refractivity contribution in [2.45, 2.75) is 50.9 Å². The molecule has 1 saturated heterocycles. The van der Waals surface area contributed by atoms with Crippen LogP contribution in [0.5, 0.6) is 5.88 Å². The predicted octanol–water partition coefficient (Wildman–Crippen LogP) is 5.17. The molecule has 4 rings (SSSR count). The van der Waals surface area contributed by atoms with Crippen LogP contribution in [0.2, 0.25) is 5.02 Å². The van der Waals surface area contributed by atoms with E-state index in [0.29, 0.717) is 22.9 Å². The topological polar surface area (TPSA) is 62.3 Å². The molecule has 0 bridgehead atoms. The minimum Gasteiger partial charge on any atom is -0.481 e. The number of nitrogens with one attached hydrogen (secondary N) is 2. The fourth-order valence-electron chi connectivity index (χ4n) is 4.97. The summed E-state index contributed by atoms with van der Waals surface area (Å²) in [5, 5.41) is 7.89. The van der Waals surface area contributed by atoms with Crippen molar-refractivity contribution < 1.29 is 4.74 Å². The summed E-state index contributed by atoms with van der Waals surface area (Å²) in [7, 11) is 1.63. The minimum absolute atomic E-state index is 0.0426. The number of rotatable bonds is 6. The highest BCUT2D eigenvalue weighted by Gasteiger charge is 2.35. The summed E-state index contributed by atoms with van der Waals surface area (Å²) in [5.41, 5.74) is 1.32. The van der Waals surface area contributed by atoms with Crippen LogP contribution in [-0.4, -0.2) is 41.8 Å². The van der Waals surface area contributed by atoms with Crippen LogP contribution in [0.1, 0.15) is 51.0 Å². The Bertz CT molecular complexity index is 950. The van der Waals surface area contributed by atoms with E-state index < -0.39 is 0 Å². The van der Waals surface area contributed by atoms with Gasteiger partial charge in [0.25, 0.3) is 0 Å². The highest BCUT2D eigenvalue weighted by molar-refractivity contribution is 7.80. The predicted molar refractivity (Wildman–Crippen MR) is 135 cm³/mol. The molecule has 2 aliphatic rings. The van der Waals surface area contributed by atoms with Gasteiger partial charge in [0.15, 0.2) is 5.11 Å². The Morgan fingerprint density at radius 3 is 2.78 bits per heavy atom. The summed E-state index contributed by atoms with van der Waals surface area (Å²) < 4.78 is 5.43. The molecular weight excluding hydrogens is 442 g/mol. The normalized spacial score (nSPS) is 20.1. The molecule has 2 aromatic rings. The van der Waals surface area contributed by atoms with Crippen molar-refractivity contribution in [3.8, 4) is 5.88 Å². The molecule has 32 heavy (non-hydrogen) atoms. The van der Waals surface area contributed by atoms with Gasteiger partial charge < -0.3 is 20.3 Å². The summed E-state index contributed by atoms with van der Waals surface area (Å²) in [6, 6.07) is 10.1. The Balaban J connectivity index is 1.45. The quantitative estimate of drug-likeness (QED) is 0.561. The zero-order valence-corrected chi connectivity index (χ0v) is 20.4. The summed E-state index contributed by atoms with van der Waals surface area (Å²) in [6.07, 6.45) is 7.09. The number of hydrogen-bond donors (Lipinski definition) is 2. The smallest absolute Gasteiger partial charge is 0.234 e. The van der Waals surface area contributed by atoms with Gasteiger partial charge in [-0.25, -0.2) is 0 Å². The van der Waals surface area contributed by atoms with E-state index in [1.807, 2.05) is 18.2 Å². The van der Waals surface area contributed by atoms with E-state index in [1.54, 1.807) is 7.11 Å². The summed E-state index contributed by atoms with van der Waals surface area (Å²) in [4.78, 5) is 11.5. The molecule has 0 radical (unpaired) electrons. The maximum absolute atomic E-state index is 6.28. The van der Waals surface area contributed by atoms with Gasteiger partial charge in [0.05, 0.1) is 7.11 Å². The molecule has 1 aromatic carbocycles. The first-order valence-corrected chi connectivity index (χ1v) is 12.2.